The predicted octanol–water partition coefficient (Wildman–Crippen LogP) is 3.62. The van der Waals surface area contributed by atoms with E-state index in [0.29, 0.717) is 6.04 Å². The molecule has 1 aromatic heterocycles. The number of nitrogens with one attached hydrogen (secondary N) is 1. The first kappa shape index (κ1) is 11.6. The number of nitrogens with zero attached hydrogens (tertiary/aromatic N) is 1. The minimum atomic E-state index is 0.588. The lowest BCUT2D eigenvalue weighted by molar-refractivity contribution is 0.317. The van der Waals surface area contributed by atoms with Crippen molar-refractivity contribution >= 4 is 0 Å². The van der Waals surface area contributed by atoms with Gasteiger partial charge in [-0.2, -0.15) is 0 Å². The molecule has 1 atom stereocenters. The molecule has 1 unspecified atom stereocenters. The van der Waals surface area contributed by atoms with Crippen LogP contribution in [0, 0.1) is 19.8 Å². The lowest BCUT2D eigenvalue weighted by atomic mass is 9.85. The Morgan fingerprint density at radius 1 is 1.12 bits per heavy atom. The highest BCUT2D eigenvalue weighted by Crippen LogP contribution is 2.26. The summed E-state index contributed by atoms with van der Waals surface area (Å²) in [6.07, 6.45) is 7.06. The van der Waals surface area contributed by atoms with Crippen LogP contribution in [0.5, 0.6) is 0 Å². The van der Waals surface area contributed by atoms with Crippen LogP contribution >= 0.6 is 0 Å². The van der Waals surface area contributed by atoms with Crippen LogP contribution in [0.15, 0.2) is 12.1 Å². The molecule has 1 N–H and O–H groups in total. The first-order chi connectivity index (χ1) is 7.68. The van der Waals surface area contributed by atoms with Crippen LogP contribution in [-0.2, 0) is 0 Å². The Kier molecular flexibility index (Phi) is 3.57. The molecule has 16 heavy (non-hydrogen) atoms. The van der Waals surface area contributed by atoms with E-state index in [1.807, 2.05) is 0 Å². The van der Waals surface area contributed by atoms with Crippen LogP contribution in [0.25, 0.3) is 0 Å². The van der Waals surface area contributed by atoms with E-state index in [-0.39, 0.29) is 0 Å². The number of rotatable bonds is 3. The van der Waals surface area contributed by atoms with Crippen LogP contribution in [-0.4, -0.2) is 10.7 Å². The van der Waals surface area contributed by atoms with Gasteiger partial charge in [-0.05, 0) is 51.7 Å². The average Bonchev–Trinajstić information content (AvgIpc) is 2.62. The Bertz CT molecular complexity index is 315. The van der Waals surface area contributed by atoms with Crippen LogP contribution < -0.4 is 5.43 Å². The summed E-state index contributed by atoms with van der Waals surface area (Å²) in [5.41, 5.74) is 6.26. The van der Waals surface area contributed by atoms with Crippen molar-refractivity contribution in [2.24, 2.45) is 5.92 Å². The maximum Gasteiger partial charge on any atom is 0.0424 e. The Hall–Kier alpha value is -0.920. The Labute approximate surface area is 99.0 Å². The highest BCUT2D eigenvalue weighted by atomic mass is 15.4. The standard InChI is InChI=1S/C14H24N2/c1-11-9-10-12(2)16(11)15-13(3)14-7-5-4-6-8-14/h9-10,13-15H,4-8H2,1-3H3. The van der Waals surface area contributed by atoms with Crippen LogP contribution in [0.4, 0.5) is 0 Å². The van der Waals surface area contributed by atoms with Crippen LogP contribution in [0.1, 0.15) is 50.4 Å². The summed E-state index contributed by atoms with van der Waals surface area (Å²) in [7, 11) is 0. The van der Waals surface area contributed by atoms with Crippen molar-refractivity contribution in [3.05, 3.63) is 23.5 Å². The summed E-state index contributed by atoms with van der Waals surface area (Å²) < 4.78 is 2.24. The fraction of sp³-hybridized carbons (Fsp3) is 0.714. The Morgan fingerprint density at radius 2 is 1.69 bits per heavy atom. The predicted molar refractivity (Wildman–Crippen MR) is 69.3 cm³/mol. The van der Waals surface area contributed by atoms with Gasteiger partial charge in [0.15, 0.2) is 0 Å². The van der Waals surface area contributed by atoms with E-state index in [0.717, 1.165) is 5.92 Å². The van der Waals surface area contributed by atoms with Crippen molar-refractivity contribution in [3.63, 3.8) is 0 Å². The number of aryl methyl sites for hydroxylation is 2. The fourth-order valence-electron chi connectivity index (χ4n) is 2.82. The highest BCUT2D eigenvalue weighted by Gasteiger charge is 2.20. The smallest absolute Gasteiger partial charge is 0.0424 e. The summed E-state index contributed by atoms with van der Waals surface area (Å²) in [6.45, 7) is 6.65. The molecular formula is C14H24N2. The second-order valence-corrected chi connectivity index (χ2v) is 5.27. The largest absolute Gasteiger partial charge is 0.323 e. The quantitative estimate of drug-likeness (QED) is 0.823. The Balaban J connectivity index is 1.98. The molecule has 1 aliphatic carbocycles. The second kappa shape index (κ2) is 4.94. The van der Waals surface area contributed by atoms with E-state index in [2.05, 4.69) is 43.0 Å². The zero-order valence-electron chi connectivity index (χ0n) is 10.8. The molecule has 0 radical (unpaired) electrons. The van der Waals surface area contributed by atoms with Gasteiger partial charge in [-0.15, -0.1) is 0 Å². The van der Waals surface area contributed by atoms with Crippen molar-refractivity contribution in [1.82, 2.24) is 4.68 Å². The molecule has 0 aromatic carbocycles. The second-order valence-electron chi connectivity index (χ2n) is 5.27. The summed E-state index contributed by atoms with van der Waals surface area (Å²) in [6, 6.07) is 4.94. The van der Waals surface area contributed by atoms with Crippen molar-refractivity contribution < 1.29 is 0 Å². The first-order valence-electron chi connectivity index (χ1n) is 6.60. The average molecular weight is 220 g/mol. The molecule has 90 valence electrons. The molecular weight excluding hydrogens is 196 g/mol. The summed E-state index contributed by atoms with van der Waals surface area (Å²) in [5, 5.41) is 0. The molecule has 0 bridgehead atoms. The normalized spacial score (nSPS) is 19.7. The molecule has 2 heteroatoms. The van der Waals surface area contributed by atoms with Gasteiger partial charge in [-0.25, -0.2) is 0 Å². The van der Waals surface area contributed by atoms with Crippen molar-refractivity contribution in [2.45, 2.75) is 58.9 Å². The molecule has 0 saturated heterocycles. The van der Waals surface area contributed by atoms with Gasteiger partial charge in [0, 0.05) is 17.4 Å². The molecule has 2 nitrogen and oxygen atoms in total. The zero-order valence-corrected chi connectivity index (χ0v) is 10.8. The SMILES string of the molecule is Cc1ccc(C)n1NC(C)C1CCCCC1. The molecule has 1 fully saturated rings. The first-order valence-corrected chi connectivity index (χ1v) is 6.60. The van der Waals surface area contributed by atoms with Gasteiger partial charge in [0.2, 0.25) is 0 Å². The number of hydrogen-bond acceptors (Lipinski definition) is 1. The highest BCUT2D eigenvalue weighted by molar-refractivity contribution is 5.15. The van der Waals surface area contributed by atoms with Crippen molar-refractivity contribution in [2.75, 3.05) is 5.43 Å². The third kappa shape index (κ3) is 2.42. The third-order valence-electron chi connectivity index (χ3n) is 3.96. The molecule has 0 amide bonds. The summed E-state index contributed by atoms with van der Waals surface area (Å²) >= 11 is 0. The molecule has 0 aliphatic heterocycles. The van der Waals surface area contributed by atoms with E-state index in [1.165, 1.54) is 43.5 Å². The van der Waals surface area contributed by atoms with E-state index >= 15 is 0 Å². The van der Waals surface area contributed by atoms with Crippen LogP contribution in [0.3, 0.4) is 0 Å². The maximum atomic E-state index is 3.64. The number of hydrogen-bond donors (Lipinski definition) is 1. The van der Waals surface area contributed by atoms with Gasteiger partial charge in [-0.3, -0.25) is 4.68 Å². The lowest BCUT2D eigenvalue weighted by Gasteiger charge is -2.30. The molecule has 2 rings (SSSR count). The maximum absolute atomic E-state index is 3.64. The van der Waals surface area contributed by atoms with Gasteiger partial charge >= 0.3 is 0 Å². The fourth-order valence-corrected chi connectivity index (χ4v) is 2.82. The molecule has 1 aromatic rings. The Morgan fingerprint density at radius 3 is 2.25 bits per heavy atom. The van der Waals surface area contributed by atoms with Gasteiger partial charge < -0.3 is 5.43 Å². The minimum Gasteiger partial charge on any atom is -0.323 e. The van der Waals surface area contributed by atoms with E-state index < -0.39 is 0 Å². The van der Waals surface area contributed by atoms with Gasteiger partial charge in [-0.1, -0.05) is 19.3 Å². The van der Waals surface area contributed by atoms with Gasteiger partial charge in [0.05, 0.1) is 0 Å². The zero-order chi connectivity index (χ0) is 11.5. The summed E-state index contributed by atoms with van der Waals surface area (Å²) in [5.74, 6) is 0.856. The van der Waals surface area contributed by atoms with Crippen LogP contribution in [0.2, 0.25) is 0 Å². The molecule has 1 saturated carbocycles. The van der Waals surface area contributed by atoms with Gasteiger partial charge in [0.25, 0.3) is 0 Å². The molecule has 1 heterocycles. The van der Waals surface area contributed by atoms with E-state index in [9.17, 15) is 0 Å². The van der Waals surface area contributed by atoms with Crippen molar-refractivity contribution in [1.29, 1.82) is 0 Å². The topological polar surface area (TPSA) is 17.0 Å². The van der Waals surface area contributed by atoms with E-state index in [1.54, 1.807) is 0 Å². The summed E-state index contributed by atoms with van der Waals surface area (Å²) in [4.78, 5) is 0. The van der Waals surface area contributed by atoms with Gasteiger partial charge in [0.1, 0.15) is 0 Å². The van der Waals surface area contributed by atoms with E-state index in [4.69, 9.17) is 0 Å². The molecule has 1 aliphatic rings. The minimum absolute atomic E-state index is 0.588. The monoisotopic (exact) mass is 220 g/mol. The van der Waals surface area contributed by atoms with Crippen molar-refractivity contribution in [3.8, 4) is 0 Å². The number of aromatic nitrogens is 1. The third-order valence-corrected chi connectivity index (χ3v) is 3.96. The molecule has 0 spiro atoms. The lowest BCUT2D eigenvalue weighted by Crippen LogP contribution is -2.34.